The average molecular weight is 425 g/mol. The van der Waals surface area contributed by atoms with Crippen LogP contribution in [0.5, 0.6) is 0 Å². The summed E-state index contributed by atoms with van der Waals surface area (Å²) in [5.74, 6) is 0. The number of anilines is 2. The topological polar surface area (TPSA) is 57.1 Å². The lowest BCUT2D eigenvalue weighted by molar-refractivity contribution is 0.122. The molecular formula is C23H32N6O2. The number of aromatic nitrogens is 2. The second-order valence-electron chi connectivity index (χ2n) is 8.21. The molecule has 3 heterocycles. The van der Waals surface area contributed by atoms with Crippen molar-refractivity contribution >= 4 is 17.4 Å². The van der Waals surface area contributed by atoms with Gasteiger partial charge in [-0.05, 0) is 18.6 Å². The van der Waals surface area contributed by atoms with Gasteiger partial charge in [-0.25, -0.2) is 4.79 Å². The second-order valence-corrected chi connectivity index (χ2v) is 8.21. The number of benzene rings is 1. The Hall–Kier alpha value is -2.84. The molecule has 166 valence electrons. The summed E-state index contributed by atoms with van der Waals surface area (Å²) in [4.78, 5) is 21.5. The zero-order valence-electron chi connectivity index (χ0n) is 18.5. The maximum Gasteiger partial charge on any atom is 0.344 e. The summed E-state index contributed by atoms with van der Waals surface area (Å²) in [5, 5.41) is 4.26. The monoisotopic (exact) mass is 424 g/mol. The zero-order chi connectivity index (χ0) is 21.8. The minimum absolute atomic E-state index is 0.0743. The highest BCUT2D eigenvalue weighted by Gasteiger charge is 2.24. The molecule has 31 heavy (non-hydrogen) atoms. The Balaban J connectivity index is 1.34. The van der Waals surface area contributed by atoms with Gasteiger partial charge in [0.1, 0.15) is 0 Å². The molecular weight excluding hydrogens is 392 g/mol. The van der Waals surface area contributed by atoms with E-state index in [0.29, 0.717) is 13.1 Å². The third-order valence-corrected chi connectivity index (χ3v) is 6.10. The maximum absolute atomic E-state index is 12.9. The lowest BCUT2D eigenvalue weighted by Gasteiger charge is -2.36. The van der Waals surface area contributed by atoms with Gasteiger partial charge in [0.2, 0.25) is 0 Å². The van der Waals surface area contributed by atoms with Crippen LogP contribution in [0.4, 0.5) is 16.2 Å². The molecule has 1 aromatic carbocycles. The van der Waals surface area contributed by atoms with E-state index in [1.807, 2.05) is 23.8 Å². The highest BCUT2D eigenvalue weighted by molar-refractivity contribution is 5.77. The van der Waals surface area contributed by atoms with Gasteiger partial charge in [0.25, 0.3) is 0 Å². The first-order valence-corrected chi connectivity index (χ1v) is 10.9. The smallest absolute Gasteiger partial charge is 0.344 e. The van der Waals surface area contributed by atoms with Gasteiger partial charge >= 0.3 is 6.03 Å². The van der Waals surface area contributed by atoms with Gasteiger partial charge in [0.15, 0.2) is 0 Å². The minimum Gasteiger partial charge on any atom is -0.378 e. The Morgan fingerprint density at radius 2 is 1.84 bits per heavy atom. The fraction of sp³-hybridized carbons (Fsp3) is 0.478. The molecule has 1 amide bonds. The van der Waals surface area contributed by atoms with Gasteiger partial charge in [-0.3, -0.25) is 4.90 Å². The van der Waals surface area contributed by atoms with Crippen LogP contribution in [0.2, 0.25) is 0 Å². The number of para-hydroxylation sites is 1. The van der Waals surface area contributed by atoms with Gasteiger partial charge in [0.05, 0.1) is 31.3 Å². The van der Waals surface area contributed by atoms with Gasteiger partial charge in [-0.15, -0.1) is 0 Å². The highest BCUT2D eigenvalue weighted by atomic mass is 16.5. The van der Waals surface area contributed by atoms with Crippen LogP contribution in [-0.4, -0.2) is 85.1 Å². The largest absolute Gasteiger partial charge is 0.378 e. The van der Waals surface area contributed by atoms with Gasteiger partial charge in [0, 0.05) is 64.2 Å². The summed E-state index contributed by atoms with van der Waals surface area (Å²) in [6, 6.07) is 8.56. The fourth-order valence-corrected chi connectivity index (χ4v) is 4.05. The summed E-state index contributed by atoms with van der Waals surface area (Å²) >= 11 is 0. The van der Waals surface area contributed by atoms with Crippen molar-refractivity contribution in [2.75, 3.05) is 69.3 Å². The van der Waals surface area contributed by atoms with Crippen LogP contribution < -0.4 is 9.80 Å². The number of allylic oxidation sites excluding steroid dienone is 1. The molecule has 8 nitrogen and oxygen atoms in total. The summed E-state index contributed by atoms with van der Waals surface area (Å²) in [7, 11) is 1.92. The summed E-state index contributed by atoms with van der Waals surface area (Å²) in [5.41, 5.74) is 4.40. The Kier molecular flexibility index (Phi) is 6.58. The molecule has 0 spiro atoms. The number of rotatable bonds is 5. The first-order chi connectivity index (χ1) is 15.0. The number of piperazine rings is 1. The van der Waals surface area contributed by atoms with Crippen LogP contribution in [0.25, 0.3) is 0 Å². The Bertz CT molecular complexity index is 912. The van der Waals surface area contributed by atoms with Crippen molar-refractivity contribution in [1.82, 2.24) is 19.6 Å². The normalized spacial score (nSPS) is 17.6. The molecule has 2 fully saturated rings. The first kappa shape index (κ1) is 21.4. The van der Waals surface area contributed by atoms with E-state index in [1.165, 1.54) is 15.9 Å². The van der Waals surface area contributed by atoms with Crippen LogP contribution in [0.15, 0.2) is 48.9 Å². The van der Waals surface area contributed by atoms with Crippen molar-refractivity contribution in [2.24, 2.45) is 0 Å². The Morgan fingerprint density at radius 1 is 1.13 bits per heavy atom. The molecule has 2 saturated heterocycles. The van der Waals surface area contributed by atoms with E-state index in [0.717, 1.165) is 57.3 Å². The standard InChI is InChI=1S/C23H32N6O2/c1-19(2)25(3)21-16-24-29(18-21)23(30)28-10-8-26(9-11-28)17-20-6-4-5-7-22(20)27-12-14-31-15-13-27/h4-7,16,18H,1,8-15,17H2,2-3H3. The van der Waals surface area contributed by atoms with Gasteiger partial charge in [-0.1, -0.05) is 24.8 Å². The minimum atomic E-state index is -0.0743. The summed E-state index contributed by atoms with van der Waals surface area (Å²) in [6.07, 6.45) is 3.47. The highest BCUT2D eigenvalue weighted by Crippen LogP contribution is 2.23. The van der Waals surface area contributed by atoms with E-state index in [-0.39, 0.29) is 6.03 Å². The molecule has 8 heteroatoms. The first-order valence-electron chi connectivity index (χ1n) is 10.9. The van der Waals surface area contributed by atoms with Gasteiger partial charge in [-0.2, -0.15) is 9.78 Å². The zero-order valence-corrected chi connectivity index (χ0v) is 18.5. The number of amides is 1. The maximum atomic E-state index is 12.9. The lowest BCUT2D eigenvalue weighted by Crippen LogP contribution is -2.49. The SMILES string of the molecule is C=C(C)N(C)c1cnn(C(=O)N2CCN(Cc3ccccc3N3CCOCC3)CC2)c1. The van der Waals surface area contributed by atoms with E-state index in [9.17, 15) is 4.79 Å². The molecule has 0 bridgehead atoms. The molecule has 2 aliphatic heterocycles. The van der Waals surface area contributed by atoms with Crippen molar-refractivity contribution in [3.8, 4) is 0 Å². The van der Waals surface area contributed by atoms with Crippen molar-refractivity contribution in [3.05, 3.63) is 54.5 Å². The van der Waals surface area contributed by atoms with E-state index in [4.69, 9.17) is 4.74 Å². The molecule has 2 aliphatic rings. The molecule has 0 radical (unpaired) electrons. The number of carbonyl (C=O) groups excluding carboxylic acids is 1. The number of hydrogen-bond donors (Lipinski definition) is 0. The predicted molar refractivity (Wildman–Crippen MR) is 123 cm³/mol. The van der Waals surface area contributed by atoms with Crippen LogP contribution in [0, 0.1) is 0 Å². The molecule has 4 rings (SSSR count). The Labute approximate surface area is 184 Å². The molecule has 0 saturated carbocycles. The quantitative estimate of drug-likeness (QED) is 0.735. The number of morpholine rings is 1. The molecule has 0 atom stereocenters. The van der Waals surface area contributed by atoms with E-state index < -0.39 is 0 Å². The number of ether oxygens (including phenoxy) is 1. The number of nitrogens with zero attached hydrogens (tertiary/aromatic N) is 6. The molecule has 0 unspecified atom stereocenters. The summed E-state index contributed by atoms with van der Waals surface area (Å²) in [6.45, 7) is 13.3. The Morgan fingerprint density at radius 3 is 2.55 bits per heavy atom. The van der Waals surface area contributed by atoms with Crippen LogP contribution >= 0.6 is 0 Å². The fourth-order valence-electron chi connectivity index (χ4n) is 4.05. The average Bonchev–Trinajstić information content (AvgIpc) is 3.30. The van der Waals surface area contributed by atoms with Crippen LogP contribution in [-0.2, 0) is 11.3 Å². The van der Waals surface area contributed by atoms with Crippen molar-refractivity contribution in [1.29, 1.82) is 0 Å². The number of hydrogen-bond acceptors (Lipinski definition) is 6. The molecule has 2 aromatic rings. The molecule has 0 N–H and O–H groups in total. The van der Waals surface area contributed by atoms with Crippen molar-refractivity contribution in [3.63, 3.8) is 0 Å². The van der Waals surface area contributed by atoms with Crippen LogP contribution in [0.3, 0.4) is 0 Å². The predicted octanol–water partition coefficient (Wildman–Crippen LogP) is 2.48. The van der Waals surface area contributed by atoms with E-state index in [2.05, 4.69) is 45.7 Å². The lowest BCUT2D eigenvalue weighted by atomic mass is 10.1. The van der Waals surface area contributed by atoms with Gasteiger partial charge < -0.3 is 19.4 Å². The van der Waals surface area contributed by atoms with Crippen LogP contribution in [0.1, 0.15) is 12.5 Å². The second kappa shape index (κ2) is 9.53. The van der Waals surface area contributed by atoms with Crippen molar-refractivity contribution < 1.29 is 9.53 Å². The molecule has 0 aliphatic carbocycles. The van der Waals surface area contributed by atoms with E-state index in [1.54, 1.807) is 12.4 Å². The van der Waals surface area contributed by atoms with E-state index >= 15 is 0 Å². The van der Waals surface area contributed by atoms with Crippen molar-refractivity contribution in [2.45, 2.75) is 13.5 Å². The summed E-state index contributed by atoms with van der Waals surface area (Å²) < 4.78 is 6.93. The molecule has 1 aromatic heterocycles. The third kappa shape index (κ3) is 4.91. The number of carbonyl (C=O) groups is 1. The third-order valence-electron chi connectivity index (χ3n) is 6.10.